The first kappa shape index (κ1) is 15.1. The average molecular weight is 366 g/mol. The molecule has 0 radical (unpaired) electrons. The Morgan fingerprint density at radius 2 is 2.00 bits per heavy atom. The van der Waals surface area contributed by atoms with Crippen molar-refractivity contribution >= 4 is 15.9 Å². The van der Waals surface area contributed by atoms with Gasteiger partial charge in [0.1, 0.15) is 0 Å². The van der Waals surface area contributed by atoms with Crippen molar-refractivity contribution in [3.8, 4) is 0 Å². The summed E-state index contributed by atoms with van der Waals surface area (Å²) in [5.41, 5.74) is 3.39. The minimum Gasteiger partial charge on any atom is -0.324 e. The van der Waals surface area contributed by atoms with Crippen molar-refractivity contribution in [1.82, 2.24) is 5.32 Å². The summed E-state index contributed by atoms with van der Waals surface area (Å²) in [4.78, 5) is 0. The van der Waals surface area contributed by atoms with Gasteiger partial charge in [-0.05, 0) is 67.8 Å². The van der Waals surface area contributed by atoms with E-state index in [9.17, 15) is 0 Å². The molecule has 22 heavy (non-hydrogen) atoms. The monoisotopic (exact) mass is 365 g/mol. The highest BCUT2D eigenvalue weighted by atomic mass is 79.9. The molecular weight excluding hydrogens is 342 g/mol. The molecule has 0 bridgehead atoms. The van der Waals surface area contributed by atoms with Gasteiger partial charge in [0.15, 0.2) is 12.6 Å². The van der Waals surface area contributed by atoms with E-state index in [2.05, 4.69) is 46.4 Å². The molecule has 2 atom stereocenters. The van der Waals surface area contributed by atoms with Crippen LogP contribution in [0.4, 0.5) is 0 Å². The third-order valence-electron chi connectivity index (χ3n) is 5.86. The molecule has 1 aliphatic carbocycles. The van der Waals surface area contributed by atoms with Crippen LogP contribution >= 0.6 is 15.9 Å². The number of piperidine rings is 1. The standard InChI is InChI=1S/C18H24BrNO2/c1-11(17-21-12(2)22-17)14-10-18(6-8-20-9-7-18)16-13(14)4-3-5-15(16)19/h3-5,11-12,14,17,20H,6-10H2,1-2H3. The molecule has 4 rings (SSSR count). The lowest BCUT2D eigenvalue weighted by Gasteiger charge is -2.41. The van der Waals surface area contributed by atoms with Crippen molar-refractivity contribution in [3.05, 3.63) is 33.8 Å². The molecule has 1 aromatic rings. The molecule has 0 aromatic heterocycles. The van der Waals surface area contributed by atoms with Gasteiger partial charge < -0.3 is 14.8 Å². The number of hydrogen-bond acceptors (Lipinski definition) is 3. The van der Waals surface area contributed by atoms with Crippen LogP contribution in [0.2, 0.25) is 0 Å². The first-order valence-corrected chi connectivity index (χ1v) is 9.20. The molecule has 2 fully saturated rings. The molecule has 1 N–H and O–H groups in total. The van der Waals surface area contributed by atoms with Gasteiger partial charge >= 0.3 is 0 Å². The number of fused-ring (bicyclic) bond motifs is 2. The Morgan fingerprint density at radius 3 is 2.68 bits per heavy atom. The minimum atomic E-state index is -0.0383. The highest BCUT2D eigenvalue weighted by molar-refractivity contribution is 9.10. The van der Waals surface area contributed by atoms with Gasteiger partial charge in [0, 0.05) is 10.4 Å². The van der Waals surface area contributed by atoms with Gasteiger partial charge in [-0.15, -0.1) is 0 Å². The van der Waals surface area contributed by atoms with Crippen LogP contribution in [0.25, 0.3) is 0 Å². The molecule has 2 saturated heterocycles. The second-order valence-corrected chi connectivity index (χ2v) is 7.97. The van der Waals surface area contributed by atoms with Gasteiger partial charge in [0.2, 0.25) is 0 Å². The maximum Gasteiger partial charge on any atom is 0.166 e. The summed E-state index contributed by atoms with van der Waals surface area (Å²) >= 11 is 3.83. The number of benzene rings is 1. The van der Waals surface area contributed by atoms with Gasteiger partial charge in [0.05, 0.1) is 0 Å². The summed E-state index contributed by atoms with van der Waals surface area (Å²) in [6.45, 7) is 6.49. The number of rotatable bonds is 2. The van der Waals surface area contributed by atoms with Gasteiger partial charge in [-0.3, -0.25) is 0 Å². The maximum absolute atomic E-state index is 5.79. The number of halogens is 1. The van der Waals surface area contributed by atoms with Crippen molar-refractivity contribution in [2.75, 3.05) is 13.1 Å². The molecular formula is C18H24BrNO2. The molecule has 1 spiro atoms. The van der Waals surface area contributed by atoms with E-state index in [1.807, 2.05) is 6.92 Å². The highest BCUT2D eigenvalue weighted by Gasteiger charge is 2.49. The lowest BCUT2D eigenvalue weighted by Crippen LogP contribution is -2.45. The van der Waals surface area contributed by atoms with Crippen LogP contribution in [0.1, 0.15) is 50.2 Å². The summed E-state index contributed by atoms with van der Waals surface area (Å²) in [5, 5.41) is 3.52. The average Bonchev–Trinajstić information content (AvgIpc) is 2.80. The second-order valence-electron chi connectivity index (χ2n) is 7.11. The highest BCUT2D eigenvalue weighted by Crippen LogP contribution is 2.56. The van der Waals surface area contributed by atoms with Crippen LogP contribution in [-0.4, -0.2) is 25.7 Å². The zero-order valence-corrected chi connectivity index (χ0v) is 14.9. The maximum atomic E-state index is 5.79. The fourth-order valence-corrected chi connectivity index (χ4v) is 5.50. The molecule has 120 valence electrons. The Hall–Kier alpha value is -0.420. The zero-order valence-electron chi connectivity index (χ0n) is 13.3. The van der Waals surface area contributed by atoms with Crippen molar-refractivity contribution in [2.45, 2.75) is 57.0 Å². The summed E-state index contributed by atoms with van der Waals surface area (Å²) in [5.74, 6) is 0.932. The zero-order chi connectivity index (χ0) is 15.3. The molecule has 0 saturated carbocycles. The Labute approximate surface area is 140 Å². The normalized spacial score (nSPS) is 34.2. The second kappa shape index (κ2) is 5.59. The smallest absolute Gasteiger partial charge is 0.166 e. The Morgan fingerprint density at radius 1 is 1.27 bits per heavy atom. The van der Waals surface area contributed by atoms with Crippen molar-refractivity contribution in [1.29, 1.82) is 0 Å². The fraction of sp³-hybridized carbons (Fsp3) is 0.667. The van der Waals surface area contributed by atoms with Crippen LogP contribution in [-0.2, 0) is 14.9 Å². The summed E-state index contributed by atoms with van der Waals surface area (Å²) in [7, 11) is 0. The van der Waals surface area contributed by atoms with E-state index < -0.39 is 0 Å². The van der Waals surface area contributed by atoms with E-state index in [0.717, 1.165) is 13.1 Å². The Balaban J connectivity index is 1.69. The molecule has 2 unspecified atom stereocenters. The third kappa shape index (κ3) is 2.27. The van der Waals surface area contributed by atoms with Crippen molar-refractivity contribution in [3.63, 3.8) is 0 Å². The molecule has 0 amide bonds. The summed E-state index contributed by atoms with van der Waals surface area (Å²) < 4.78 is 12.9. The SMILES string of the molecule is CC1OC(C(C)C2CC3(CCNCC3)c3c(Br)cccc32)O1. The number of ether oxygens (including phenoxy) is 2. The lowest BCUT2D eigenvalue weighted by molar-refractivity contribution is -0.392. The van der Waals surface area contributed by atoms with Crippen LogP contribution in [0, 0.1) is 5.92 Å². The van der Waals surface area contributed by atoms with Crippen LogP contribution in [0.15, 0.2) is 22.7 Å². The van der Waals surface area contributed by atoms with Crippen molar-refractivity contribution in [2.24, 2.45) is 5.92 Å². The van der Waals surface area contributed by atoms with Crippen LogP contribution in [0.5, 0.6) is 0 Å². The van der Waals surface area contributed by atoms with Gasteiger partial charge in [-0.25, -0.2) is 0 Å². The topological polar surface area (TPSA) is 30.5 Å². The molecule has 1 aromatic carbocycles. The minimum absolute atomic E-state index is 0.0382. The van der Waals surface area contributed by atoms with Gasteiger partial charge in [0.25, 0.3) is 0 Å². The predicted molar refractivity (Wildman–Crippen MR) is 89.9 cm³/mol. The molecule has 4 heteroatoms. The fourth-order valence-electron chi connectivity index (χ4n) is 4.70. The summed E-state index contributed by atoms with van der Waals surface area (Å²) in [6, 6.07) is 6.70. The van der Waals surface area contributed by atoms with E-state index in [4.69, 9.17) is 9.47 Å². The predicted octanol–water partition coefficient (Wildman–Crippen LogP) is 3.91. The van der Waals surface area contributed by atoms with E-state index in [1.165, 1.54) is 29.3 Å². The first-order valence-electron chi connectivity index (χ1n) is 8.41. The van der Waals surface area contributed by atoms with Gasteiger partial charge in [-0.1, -0.05) is 35.0 Å². The van der Waals surface area contributed by atoms with E-state index in [1.54, 1.807) is 5.56 Å². The lowest BCUT2D eigenvalue weighted by atomic mass is 9.73. The third-order valence-corrected chi connectivity index (χ3v) is 6.52. The molecule has 3 aliphatic rings. The first-order chi connectivity index (χ1) is 10.6. The van der Waals surface area contributed by atoms with E-state index in [0.29, 0.717) is 17.3 Å². The Bertz CT molecular complexity index is 564. The van der Waals surface area contributed by atoms with E-state index >= 15 is 0 Å². The molecule has 2 aliphatic heterocycles. The van der Waals surface area contributed by atoms with Crippen molar-refractivity contribution < 1.29 is 9.47 Å². The van der Waals surface area contributed by atoms with Crippen LogP contribution < -0.4 is 5.32 Å². The van der Waals surface area contributed by atoms with E-state index in [-0.39, 0.29) is 12.6 Å². The van der Waals surface area contributed by atoms with Gasteiger partial charge in [-0.2, -0.15) is 0 Å². The molecule has 3 nitrogen and oxygen atoms in total. The Kier molecular flexibility index (Phi) is 3.84. The van der Waals surface area contributed by atoms with Crippen LogP contribution in [0.3, 0.4) is 0 Å². The largest absolute Gasteiger partial charge is 0.324 e. The number of nitrogens with one attached hydrogen (secondary N) is 1. The number of hydrogen-bond donors (Lipinski definition) is 1. The molecule has 2 heterocycles. The quantitative estimate of drug-likeness (QED) is 0.861. The summed E-state index contributed by atoms with van der Waals surface area (Å²) in [6.07, 6.45) is 3.61.